The van der Waals surface area contributed by atoms with Crippen LogP contribution < -0.4 is 9.47 Å². The van der Waals surface area contributed by atoms with Gasteiger partial charge in [-0.2, -0.15) is 0 Å². The molecule has 0 amide bonds. The number of benzene rings is 1. The van der Waals surface area contributed by atoms with E-state index in [-0.39, 0.29) is 6.10 Å². The Balaban J connectivity index is 3.04. The molecule has 1 rings (SSSR count). The van der Waals surface area contributed by atoms with Gasteiger partial charge in [-0.05, 0) is 30.5 Å². The molecule has 0 saturated heterocycles. The quantitative estimate of drug-likeness (QED) is 0.700. The van der Waals surface area contributed by atoms with E-state index in [1.165, 1.54) is 0 Å². The third-order valence-corrected chi connectivity index (χ3v) is 3.57. The maximum Gasteiger partial charge on any atom is 0.180 e. The molecule has 0 unspecified atom stereocenters. The molecule has 17 heavy (non-hydrogen) atoms. The molecule has 1 aromatic rings. The molecular weight excluding hydrogens is 303 g/mol. The number of rotatable bonds is 6. The fraction of sp³-hybridized carbons (Fsp3) is 0.538. The Labute approximate surface area is 116 Å². The number of alkyl halides is 1. The summed E-state index contributed by atoms with van der Waals surface area (Å²) in [5.74, 6) is 1.34. The van der Waals surface area contributed by atoms with Crippen molar-refractivity contribution in [3.8, 4) is 11.5 Å². The van der Waals surface area contributed by atoms with Gasteiger partial charge in [-0.1, -0.05) is 41.4 Å². The Bertz CT molecular complexity index is 365. The first-order valence-corrected chi connectivity index (χ1v) is 7.25. The van der Waals surface area contributed by atoms with Crippen LogP contribution in [0.5, 0.6) is 11.5 Å². The first-order valence-electron chi connectivity index (χ1n) is 5.75. The van der Waals surface area contributed by atoms with Gasteiger partial charge in [0.1, 0.15) is 0 Å². The summed E-state index contributed by atoms with van der Waals surface area (Å²) in [5.41, 5.74) is 1.07. The Morgan fingerprint density at radius 1 is 1.29 bits per heavy atom. The van der Waals surface area contributed by atoms with Crippen LogP contribution in [0, 0.1) is 0 Å². The van der Waals surface area contributed by atoms with Crippen LogP contribution >= 0.6 is 27.5 Å². The number of methoxy groups -OCH3 is 1. The molecule has 0 atom stereocenters. The zero-order chi connectivity index (χ0) is 12.8. The van der Waals surface area contributed by atoms with Gasteiger partial charge >= 0.3 is 0 Å². The van der Waals surface area contributed by atoms with Gasteiger partial charge < -0.3 is 9.47 Å². The molecule has 0 fully saturated rings. The van der Waals surface area contributed by atoms with E-state index in [4.69, 9.17) is 21.1 Å². The van der Waals surface area contributed by atoms with Crippen LogP contribution in [-0.4, -0.2) is 13.2 Å². The van der Waals surface area contributed by atoms with Crippen molar-refractivity contribution in [1.29, 1.82) is 0 Å². The molecule has 0 N–H and O–H groups in total. The Morgan fingerprint density at radius 3 is 2.41 bits per heavy atom. The largest absolute Gasteiger partial charge is 0.493 e. The second-order valence-corrected chi connectivity index (χ2v) is 4.77. The summed E-state index contributed by atoms with van der Waals surface area (Å²) in [6.07, 6.45) is 2.09. The molecule has 1 aromatic carbocycles. The normalized spacial score (nSPS) is 10.7. The average Bonchev–Trinajstić information content (AvgIpc) is 2.36. The molecule has 0 aliphatic rings. The summed E-state index contributed by atoms with van der Waals surface area (Å²) >= 11 is 9.63. The lowest BCUT2D eigenvalue weighted by Gasteiger charge is -2.19. The smallest absolute Gasteiger partial charge is 0.180 e. The van der Waals surface area contributed by atoms with Crippen LogP contribution in [0.4, 0.5) is 0 Å². The Hall–Kier alpha value is -0.410. The van der Waals surface area contributed by atoms with Crippen molar-refractivity contribution in [1.82, 2.24) is 0 Å². The number of ether oxygens (including phenoxy) is 2. The van der Waals surface area contributed by atoms with Gasteiger partial charge in [0.2, 0.25) is 0 Å². The van der Waals surface area contributed by atoms with Crippen molar-refractivity contribution in [3.05, 3.63) is 22.7 Å². The summed E-state index contributed by atoms with van der Waals surface area (Å²) in [7, 11) is 1.63. The van der Waals surface area contributed by atoms with E-state index in [0.29, 0.717) is 16.5 Å². The lowest BCUT2D eigenvalue weighted by molar-refractivity contribution is 0.185. The first kappa shape index (κ1) is 14.7. The van der Waals surface area contributed by atoms with Crippen molar-refractivity contribution in [2.24, 2.45) is 0 Å². The fourth-order valence-electron chi connectivity index (χ4n) is 1.59. The fourth-order valence-corrected chi connectivity index (χ4v) is 2.19. The highest BCUT2D eigenvalue weighted by atomic mass is 79.9. The zero-order valence-electron chi connectivity index (χ0n) is 10.4. The maximum absolute atomic E-state index is 6.22. The standard InChI is InChI=1S/C13H18BrClO2/c1-4-10(5-2)17-13-11(15)6-9(8-14)7-12(13)16-3/h6-7,10H,4-5,8H2,1-3H3. The van der Waals surface area contributed by atoms with Crippen molar-refractivity contribution in [2.45, 2.75) is 38.1 Å². The van der Waals surface area contributed by atoms with Crippen molar-refractivity contribution in [3.63, 3.8) is 0 Å². The molecule has 0 aromatic heterocycles. The van der Waals surface area contributed by atoms with E-state index < -0.39 is 0 Å². The highest BCUT2D eigenvalue weighted by molar-refractivity contribution is 9.08. The predicted octanol–water partition coefficient (Wildman–Crippen LogP) is 4.81. The lowest BCUT2D eigenvalue weighted by atomic mass is 10.2. The molecule has 0 aliphatic carbocycles. The van der Waals surface area contributed by atoms with E-state index in [9.17, 15) is 0 Å². The van der Waals surface area contributed by atoms with Gasteiger partial charge in [-0.3, -0.25) is 0 Å². The first-order chi connectivity index (χ1) is 8.15. The van der Waals surface area contributed by atoms with Gasteiger partial charge in [-0.25, -0.2) is 0 Å². The van der Waals surface area contributed by atoms with Crippen molar-refractivity contribution >= 4 is 27.5 Å². The second kappa shape index (κ2) is 7.12. The summed E-state index contributed by atoms with van der Waals surface area (Å²) in [5, 5.41) is 1.35. The molecule has 0 aliphatic heterocycles. The van der Waals surface area contributed by atoms with E-state index in [1.54, 1.807) is 7.11 Å². The van der Waals surface area contributed by atoms with Crippen LogP contribution in [0.1, 0.15) is 32.3 Å². The van der Waals surface area contributed by atoms with Crippen LogP contribution in [0.25, 0.3) is 0 Å². The SMILES string of the molecule is CCC(CC)Oc1c(Cl)cc(CBr)cc1OC. The van der Waals surface area contributed by atoms with E-state index in [2.05, 4.69) is 29.8 Å². The maximum atomic E-state index is 6.22. The number of halogens is 2. The summed E-state index contributed by atoms with van der Waals surface area (Å²) in [4.78, 5) is 0. The summed E-state index contributed by atoms with van der Waals surface area (Å²) < 4.78 is 11.2. The lowest BCUT2D eigenvalue weighted by Crippen LogP contribution is -2.14. The topological polar surface area (TPSA) is 18.5 Å². The van der Waals surface area contributed by atoms with Crippen molar-refractivity contribution in [2.75, 3.05) is 7.11 Å². The third kappa shape index (κ3) is 3.78. The third-order valence-electron chi connectivity index (χ3n) is 2.64. The van der Waals surface area contributed by atoms with Gasteiger partial charge in [-0.15, -0.1) is 0 Å². The van der Waals surface area contributed by atoms with Gasteiger partial charge in [0.15, 0.2) is 11.5 Å². The van der Waals surface area contributed by atoms with E-state index in [1.807, 2.05) is 12.1 Å². The van der Waals surface area contributed by atoms with Gasteiger partial charge in [0.05, 0.1) is 18.2 Å². The van der Waals surface area contributed by atoms with Gasteiger partial charge in [0, 0.05) is 5.33 Å². The van der Waals surface area contributed by atoms with Crippen LogP contribution in [0.2, 0.25) is 5.02 Å². The highest BCUT2D eigenvalue weighted by Crippen LogP contribution is 2.38. The molecule has 0 radical (unpaired) electrons. The molecular formula is C13H18BrClO2. The molecule has 0 spiro atoms. The average molecular weight is 322 g/mol. The summed E-state index contributed by atoms with van der Waals surface area (Å²) in [6, 6.07) is 3.84. The number of hydrogen-bond donors (Lipinski definition) is 0. The second-order valence-electron chi connectivity index (χ2n) is 3.80. The molecule has 2 nitrogen and oxygen atoms in total. The minimum absolute atomic E-state index is 0.177. The molecule has 0 bridgehead atoms. The van der Waals surface area contributed by atoms with Crippen LogP contribution in [0.3, 0.4) is 0 Å². The minimum Gasteiger partial charge on any atom is -0.493 e. The van der Waals surface area contributed by atoms with Crippen molar-refractivity contribution < 1.29 is 9.47 Å². The Morgan fingerprint density at radius 2 is 1.94 bits per heavy atom. The van der Waals surface area contributed by atoms with E-state index in [0.717, 1.165) is 23.7 Å². The minimum atomic E-state index is 0.177. The van der Waals surface area contributed by atoms with E-state index >= 15 is 0 Å². The highest BCUT2D eigenvalue weighted by Gasteiger charge is 2.15. The molecule has 96 valence electrons. The monoisotopic (exact) mass is 320 g/mol. The zero-order valence-corrected chi connectivity index (χ0v) is 12.8. The molecule has 0 heterocycles. The molecule has 0 saturated carbocycles. The van der Waals surface area contributed by atoms with Gasteiger partial charge in [0.25, 0.3) is 0 Å². The predicted molar refractivity (Wildman–Crippen MR) is 75.6 cm³/mol. The Kier molecular flexibility index (Phi) is 6.14. The molecule has 4 heteroatoms. The number of hydrogen-bond acceptors (Lipinski definition) is 2. The van der Waals surface area contributed by atoms with Crippen LogP contribution in [0.15, 0.2) is 12.1 Å². The summed E-state index contributed by atoms with van der Waals surface area (Å²) in [6.45, 7) is 4.20. The van der Waals surface area contributed by atoms with Crippen LogP contribution in [-0.2, 0) is 5.33 Å².